The van der Waals surface area contributed by atoms with Crippen LogP contribution in [-0.4, -0.2) is 71.7 Å². The Morgan fingerprint density at radius 1 is 0.808 bits per heavy atom. The van der Waals surface area contributed by atoms with Crippen molar-refractivity contribution >= 4 is 17.7 Å². The van der Waals surface area contributed by atoms with Gasteiger partial charge in [0.2, 0.25) is 5.91 Å². The Morgan fingerprint density at radius 2 is 1.27 bits per heavy atom. The SMILES string of the molecule is CC(=O)N1CCN(C(=O)c2cccc(C(=O)N3CCC(C)CC3)c2)CC1. The van der Waals surface area contributed by atoms with E-state index >= 15 is 0 Å². The predicted molar refractivity (Wildman–Crippen MR) is 98.9 cm³/mol. The van der Waals surface area contributed by atoms with Gasteiger partial charge in [-0.2, -0.15) is 0 Å². The fraction of sp³-hybridized carbons (Fsp3) is 0.550. The molecule has 0 aliphatic carbocycles. The summed E-state index contributed by atoms with van der Waals surface area (Å²) in [7, 11) is 0. The van der Waals surface area contributed by atoms with Crippen LogP contribution in [0, 0.1) is 5.92 Å². The number of carbonyl (C=O) groups excluding carboxylic acids is 3. The van der Waals surface area contributed by atoms with Crippen molar-refractivity contribution in [3.8, 4) is 0 Å². The summed E-state index contributed by atoms with van der Waals surface area (Å²) in [5, 5.41) is 0. The van der Waals surface area contributed by atoms with Crippen molar-refractivity contribution in [1.29, 1.82) is 0 Å². The lowest BCUT2D eigenvalue weighted by Gasteiger charge is -2.34. The Morgan fingerprint density at radius 3 is 1.77 bits per heavy atom. The van der Waals surface area contributed by atoms with Crippen LogP contribution in [0.3, 0.4) is 0 Å². The molecule has 2 aliphatic rings. The van der Waals surface area contributed by atoms with Crippen LogP contribution >= 0.6 is 0 Å². The van der Waals surface area contributed by atoms with Gasteiger partial charge in [-0.15, -0.1) is 0 Å². The van der Waals surface area contributed by atoms with Crippen molar-refractivity contribution in [2.45, 2.75) is 26.7 Å². The maximum Gasteiger partial charge on any atom is 0.253 e. The Kier molecular flexibility index (Phi) is 5.59. The molecule has 0 radical (unpaired) electrons. The number of hydrogen-bond acceptors (Lipinski definition) is 3. The number of piperazine rings is 1. The molecule has 0 atom stereocenters. The second-order valence-corrected chi connectivity index (χ2v) is 7.35. The van der Waals surface area contributed by atoms with Crippen molar-refractivity contribution in [1.82, 2.24) is 14.7 Å². The summed E-state index contributed by atoms with van der Waals surface area (Å²) in [5.41, 5.74) is 1.12. The molecule has 0 saturated carbocycles. The molecule has 2 heterocycles. The van der Waals surface area contributed by atoms with Crippen LogP contribution in [0.15, 0.2) is 24.3 Å². The monoisotopic (exact) mass is 357 g/mol. The van der Waals surface area contributed by atoms with Gasteiger partial charge in [0.1, 0.15) is 0 Å². The second kappa shape index (κ2) is 7.89. The van der Waals surface area contributed by atoms with Gasteiger partial charge in [0.05, 0.1) is 0 Å². The summed E-state index contributed by atoms with van der Waals surface area (Å²) >= 11 is 0. The Bertz CT molecular complexity index is 687. The van der Waals surface area contributed by atoms with Crippen molar-refractivity contribution in [3.05, 3.63) is 35.4 Å². The minimum atomic E-state index is -0.0740. The van der Waals surface area contributed by atoms with Crippen molar-refractivity contribution in [3.63, 3.8) is 0 Å². The molecule has 6 heteroatoms. The highest BCUT2D eigenvalue weighted by atomic mass is 16.2. The van der Waals surface area contributed by atoms with E-state index in [9.17, 15) is 14.4 Å². The van der Waals surface area contributed by atoms with E-state index in [1.165, 1.54) is 0 Å². The molecule has 2 saturated heterocycles. The number of carbonyl (C=O) groups is 3. The minimum Gasteiger partial charge on any atom is -0.339 e. The third kappa shape index (κ3) is 4.06. The first kappa shape index (κ1) is 18.4. The summed E-state index contributed by atoms with van der Waals surface area (Å²) in [6, 6.07) is 7.03. The Balaban J connectivity index is 1.66. The van der Waals surface area contributed by atoms with Gasteiger partial charge < -0.3 is 14.7 Å². The normalized spacial score (nSPS) is 18.8. The number of piperidine rings is 1. The zero-order chi connectivity index (χ0) is 18.7. The first-order valence-corrected chi connectivity index (χ1v) is 9.40. The second-order valence-electron chi connectivity index (χ2n) is 7.35. The van der Waals surface area contributed by atoms with Gasteiger partial charge in [-0.25, -0.2) is 0 Å². The van der Waals surface area contributed by atoms with E-state index in [0.717, 1.165) is 25.9 Å². The van der Waals surface area contributed by atoms with Crippen molar-refractivity contribution in [2.24, 2.45) is 5.92 Å². The third-order valence-corrected chi connectivity index (χ3v) is 5.44. The molecule has 0 bridgehead atoms. The smallest absolute Gasteiger partial charge is 0.253 e. The number of hydrogen-bond donors (Lipinski definition) is 0. The summed E-state index contributed by atoms with van der Waals surface area (Å²) in [6.07, 6.45) is 2.07. The summed E-state index contributed by atoms with van der Waals surface area (Å²) in [6.45, 7) is 7.51. The van der Waals surface area contributed by atoms with Crippen LogP contribution < -0.4 is 0 Å². The predicted octanol–water partition coefficient (Wildman–Crippen LogP) is 1.86. The molecule has 6 nitrogen and oxygen atoms in total. The van der Waals surface area contributed by atoms with Crippen LogP contribution in [0.1, 0.15) is 47.4 Å². The molecule has 2 fully saturated rings. The molecule has 0 N–H and O–H groups in total. The largest absolute Gasteiger partial charge is 0.339 e. The molecular formula is C20H27N3O3. The van der Waals surface area contributed by atoms with Crippen molar-refractivity contribution < 1.29 is 14.4 Å². The summed E-state index contributed by atoms with van der Waals surface area (Å²) in [4.78, 5) is 42.3. The Hall–Kier alpha value is -2.37. The molecule has 0 unspecified atom stereocenters. The quantitative estimate of drug-likeness (QED) is 0.812. The van der Waals surface area contributed by atoms with Gasteiger partial charge >= 0.3 is 0 Å². The maximum absolute atomic E-state index is 12.8. The van der Waals surface area contributed by atoms with Gasteiger partial charge in [-0.1, -0.05) is 13.0 Å². The highest BCUT2D eigenvalue weighted by molar-refractivity contribution is 5.99. The highest BCUT2D eigenvalue weighted by Gasteiger charge is 2.25. The van der Waals surface area contributed by atoms with E-state index in [1.807, 2.05) is 4.90 Å². The lowest BCUT2D eigenvalue weighted by atomic mass is 9.98. The molecule has 3 amide bonds. The zero-order valence-corrected chi connectivity index (χ0v) is 15.6. The average molecular weight is 357 g/mol. The van der Waals surface area contributed by atoms with Gasteiger partial charge in [0.15, 0.2) is 0 Å². The van der Waals surface area contributed by atoms with E-state index < -0.39 is 0 Å². The lowest BCUT2D eigenvalue weighted by molar-refractivity contribution is -0.130. The molecular weight excluding hydrogens is 330 g/mol. The topological polar surface area (TPSA) is 60.9 Å². The van der Waals surface area contributed by atoms with E-state index in [0.29, 0.717) is 43.2 Å². The van der Waals surface area contributed by atoms with E-state index in [1.54, 1.807) is 41.0 Å². The van der Waals surface area contributed by atoms with Gasteiger partial charge in [-0.3, -0.25) is 14.4 Å². The molecule has 26 heavy (non-hydrogen) atoms. The molecule has 3 rings (SSSR count). The molecule has 140 valence electrons. The maximum atomic E-state index is 12.8. The van der Waals surface area contributed by atoms with Crippen LogP contribution in [0.2, 0.25) is 0 Å². The van der Waals surface area contributed by atoms with Gasteiger partial charge in [0, 0.05) is 57.3 Å². The fourth-order valence-electron chi connectivity index (χ4n) is 3.59. The molecule has 1 aromatic rings. The molecule has 2 aliphatic heterocycles. The zero-order valence-electron chi connectivity index (χ0n) is 15.6. The highest BCUT2D eigenvalue weighted by Crippen LogP contribution is 2.19. The summed E-state index contributed by atoms with van der Waals surface area (Å²) in [5.74, 6) is 0.643. The number of benzene rings is 1. The number of amides is 3. The van der Waals surface area contributed by atoms with Crippen molar-refractivity contribution in [2.75, 3.05) is 39.3 Å². The van der Waals surface area contributed by atoms with Crippen LogP contribution in [0.25, 0.3) is 0 Å². The van der Waals surface area contributed by atoms with Gasteiger partial charge in [-0.05, 0) is 37.0 Å². The van der Waals surface area contributed by atoms with Crippen LogP contribution in [0.5, 0.6) is 0 Å². The van der Waals surface area contributed by atoms with E-state index in [4.69, 9.17) is 0 Å². The van der Waals surface area contributed by atoms with E-state index in [-0.39, 0.29) is 17.7 Å². The first-order valence-electron chi connectivity index (χ1n) is 9.40. The third-order valence-electron chi connectivity index (χ3n) is 5.44. The minimum absolute atomic E-state index is 0.00736. The molecule has 0 aromatic heterocycles. The van der Waals surface area contributed by atoms with Crippen LogP contribution in [0.4, 0.5) is 0 Å². The summed E-state index contributed by atoms with van der Waals surface area (Å²) < 4.78 is 0. The fourth-order valence-corrected chi connectivity index (χ4v) is 3.59. The van der Waals surface area contributed by atoms with Gasteiger partial charge in [0.25, 0.3) is 11.8 Å². The number of rotatable bonds is 2. The Labute approximate surface area is 154 Å². The first-order chi connectivity index (χ1) is 12.5. The molecule has 0 spiro atoms. The lowest BCUT2D eigenvalue weighted by Crippen LogP contribution is -2.50. The number of nitrogens with zero attached hydrogens (tertiary/aromatic N) is 3. The van der Waals surface area contributed by atoms with E-state index in [2.05, 4.69) is 6.92 Å². The average Bonchev–Trinajstić information content (AvgIpc) is 2.67. The number of likely N-dealkylation sites (tertiary alicyclic amines) is 1. The molecule has 1 aromatic carbocycles. The standard InChI is InChI=1S/C20H27N3O3/c1-15-6-8-22(9-7-15)19(25)17-4-3-5-18(14-17)20(26)23-12-10-21(11-13-23)16(2)24/h3-5,14-15H,6-13H2,1-2H3. The van der Waals surface area contributed by atoms with Crippen LogP contribution in [-0.2, 0) is 4.79 Å².